The van der Waals surface area contributed by atoms with Crippen molar-refractivity contribution in [3.63, 3.8) is 0 Å². The molecule has 1 unspecified atom stereocenters. The van der Waals surface area contributed by atoms with Crippen molar-refractivity contribution in [2.75, 3.05) is 0 Å². The molecule has 4 rings (SSSR count). The Morgan fingerprint density at radius 3 is 2.27 bits per heavy atom. The molecule has 2 aromatic carbocycles. The first kappa shape index (κ1) is 27.0. The quantitative estimate of drug-likeness (QED) is 0.397. The van der Waals surface area contributed by atoms with Crippen LogP contribution in [-0.2, 0) is 36.8 Å². The molecule has 196 valence electrons. The SMILES string of the molecule is CC(=O)O[C@H]1[C@H](C)[C@@H](C)OC(c2ccc(C)c(Cc3ccc(-c4ccc(CO)cc4)s3)c2)[C@@H]1OC(C)=O. The molecule has 7 heteroatoms. The highest BCUT2D eigenvalue weighted by molar-refractivity contribution is 7.15. The van der Waals surface area contributed by atoms with Gasteiger partial charge in [-0.1, -0.05) is 49.4 Å². The van der Waals surface area contributed by atoms with E-state index < -0.39 is 30.3 Å². The van der Waals surface area contributed by atoms with Gasteiger partial charge in [0.1, 0.15) is 12.2 Å². The lowest BCUT2D eigenvalue weighted by atomic mass is 9.85. The van der Waals surface area contributed by atoms with Gasteiger partial charge in [-0.2, -0.15) is 0 Å². The van der Waals surface area contributed by atoms with Crippen LogP contribution < -0.4 is 0 Å². The third kappa shape index (κ3) is 6.29. The van der Waals surface area contributed by atoms with Crippen molar-refractivity contribution in [3.05, 3.63) is 81.7 Å². The molecular weight excluding hydrogens is 488 g/mol. The minimum Gasteiger partial charge on any atom is -0.458 e. The van der Waals surface area contributed by atoms with Crippen molar-refractivity contribution in [3.8, 4) is 10.4 Å². The molecule has 1 aliphatic heterocycles. The average molecular weight is 523 g/mol. The zero-order chi connectivity index (χ0) is 26.7. The first-order chi connectivity index (χ1) is 17.7. The summed E-state index contributed by atoms with van der Waals surface area (Å²) < 4.78 is 17.7. The van der Waals surface area contributed by atoms with Gasteiger partial charge in [0, 0.05) is 35.9 Å². The van der Waals surface area contributed by atoms with Gasteiger partial charge in [-0.3, -0.25) is 9.59 Å². The largest absolute Gasteiger partial charge is 0.458 e. The van der Waals surface area contributed by atoms with Crippen LogP contribution in [0.5, 0.6) is 0 Å². The van der Waals surface area contributed by atoms with Gasteiger partial charge in [-0.05, 0) is 53.8 Å². The summed E-state index contributed by atoms with van der Waals surface area (Å²) in [4.78, 5) is 26.3. The molecule has 1 fully saturated rings. The lowest BCUT2D eigenvalue weighted by molar-refractivity contribution is -0.222. The fourth-order valence-electron chi connectivity index (χ4n) is 4.77. The van der Waals surface area contributed by atoms with E-state index in [0.29, 0.717) is 0 Å². The number of carbonyl (C=O) groups is 2. The zero-order valence-corrected chi connectivity index (χ0v) is 22.7. The number of hydrogen-bond acceptors (Lipinski definition) is 7. The Kier molecular flexibility index (Phi) is 8.47. The van der Waals surface area contributed by atoms with Gasteiger partial charge in [-0.25, -0.2) is 0 Å². The van der Waals surface area contributed by atoms with Crippen LogP contribution in [0.25, 0.3) is 10.4 Å². The molecular formula is C30H34O6S. The van der Waals surface area contributed by atoms with Gasteiger partial charge < -0.3 is 19.3 Å². The maximum atomic E-state index is 12.0. The van der Waals surface area contributed by atoms with Gasteiger partial charge in [0.2, 0.25) is 0 Å². The highest BCUT2D eigenvalue weighted by Crippen LogP contribution is 2.39. The summed E-state index contributed by atoms with van der Waals surface area (Å²) in [6.07, 6.45) is -1.33. The Bertz CT molecular complexity index is 1250. The molecule has 0 bridgehead atoms. The van der Waals surface area contributed by atoms with E-state index in [1.54, 1.807) is 11.3 Å². The summed E-state index contributed by atoms with van der Waals surface area (Å²) in [5.74, 6) is -0.987. The van der Waals surface area contributed by atoms with Crippen molar-refractivity contribution in [1.82, 2.24) is 0 Å². The van der Waals surface area contributed by atoms with E-state index in [2.05, 4.69) is 31.2 Å². The van der Waals surface area contributed by atoms with Crippen molar-refractivity contribution in [2.45, 2.75) is 72.1 Å². The molecule has 6 nitrogen and oxygen atoms in total. The number of aliphatic hydroxyl groups excluding tert-OH is 1. The van der Waals surface area contributed by atoms with Crippen LogP contribution in [0.4, 0.5) is 0 Å². The number of benzene rings is 2. The predicted molar refractivity (Wildman–Crippen MR) is 143 cm³/mol. The fraction of sp³-hybridized carbons (Fsp3) is 0.400. The molecule has 0 aliphatic carbocycles. The summed E-state index contributed by atoms with van der Waals surface area (Å²) in [6.45, 7) is 8.74. The second-order valence-corrected chi connectivity index (χ2v) is 10.9. The number of aliphatic hydroxyl groups is 1. The number of esters is 2. The first-order valence-electron chi connectivity index (χ1n) is 12.5. The number of thiophene rings is 1. The Morgan fingerprint density at radius 1 is 0.946 bits per heavy atom. The van der Waals surface area contributed by atoms with Crippen molar-refractivity contribution < 1.29 is 28.9 Å². The Balaban J connectivity index is 1.61. The molecule has 0 radical (unpaired) electrons. The maximum Gasteiger partial charge on any atom is 0.303 e. The van der Waals surface area contributed by atoms with Crippen LogP contribution in [0.2, 0.25) is 0 Å². The summed E-state index contributed by atoms with van der Waals surface area (Å²) >= 11 is 1.74. The fourth-order valence-corrected chi connectivity index (χ4v) is 5.81. The van der Waals surface area contributed by atoms with Gasteiger partial charge in [0.25, 0.3) is 0 Å². The minimum absolute atomic E-state index is 0.0356. The maximum absolute atomic E-state index is 12.0. The zero-order valence-electron chi connectivity index (χ0n) is 21.9. The topological polar surface area (TPSA) is 82.1 Å². The molecule has 1 aromatic heterocycles. The van der Waals surface area contributed by atoms with Crippen LogP contribution in [-0.4, -0.2) is 35.4 Å². The molecule has 5 atom stereocenters. The number of hydrogen-bond donors (Lipinski definition) is 1. The van der Waals surface area contributed by atoms with Crippen LogP contribution >= 0.6 is 11.3 Å². The summed E-state index contributed by atoms with van der Waals surface area (Å²) in [5.41, 5.74) is 5.22. The Morgan fingerprint density at radius 2 is 1.62 bits per heavy atom. The average Bonchev–Trinajstić information content (AvgIpc) is 3.33. The lowest BCUT2D eigenvalue weighted by Crippen LogP contribution is -2.52. The van der Waals surface area contributed by atoms with E-state index in [4.69, 9.17) is 14.2 Å². The molecule has 0 spiro atoms. The van der Waals surface area contributed by atoms with Gasteiger partial charge in [0.05, 0.1) is 12.7 Å². The van der Waals surface area contributed by atoms with E-state index in [0.717, 1.165) is 34.2 Å². The monoisotopic (exact) mass is 522 g/mol. The van der Waals surface area contributed by atoms with Gasteiger partial charge in [-0.15, -0.1) is 11.3 Å². The van der Waals surface area contributed by atoms with Crippen LogP contribution in [0.1, 0.15) is 60.9 Å². The van der Waals surface area contributed by atoms with Crippen LogP contribution in [0.3, 0.4) is 0 Å². The van der Waals surface area contributed by atoms with Gasteiger partial charge in [0.15, 0.2) is 6.10 Å². The standard InChI is InChI=1S/C30H34O6S/c1-17-6-9-24(29-30(36-21(5)33)28(35-20(4)32)18(2)19(3)34-29)14-25(17)15-26-12-13-27(37-26)23-10-7-22(16-31)8-11-23/h6-14,18-19,28-31H,15-16H2,1-5H3/t18-,19-,28+,29?,30-/m1/s1. The minimum atomic E-state index is -0.738. The van der Waals surface area contributed by atoms with Crippen molar-refractivity contribution in [2.24, 2.45) is 5.92 Å². The smallest absolute Gasteiger partial charge is 0.303 e. The molecule has 0 saturated carbocycles. The van der Waals surface area contributed by atoms with Crippen LogP contribution in [0, 0.1) is 12.8 Å². The number of ether oxygens (including phenoxy) is 3. The highest BCUT2D eigenvalue weighted by atomic mass is 32.1. The molecule has 3 aromatic rings. The highest BCUT2D eigenvalue weighted by Gasteiger charge is 2.47. The first-order valence-corrected chi connectivity index (χ1v) is 13.4. The molecule has 1 N–H and O–H groups in total. The summed E-state index contributed by atoms with van der Waals surface area (Å²) in [7, 11) is 0. The Hall–Kier alpha value is -3.00. The second-order valence-electron chi connectivity index (χ2n) is 9.75. The van der Waals surface area contributed by atoms with E-state index in [1.165, 1.54) is 23.6 Å². The van der Waals surface area contributed by atoms with E-state index in [1.807, 2.05) is 44.2 Å². The molecule has 1 saturated heterocycles. The molecule has 0 amide bonds. The number of aryl methyl sites for hydroxylation is 1. The molecule has 2 heterocycles. The van der Waals surface area contributed by atoms with E-state index in [9.17, 15) is 14.7 Å². The Labute approximate surface area is 222 Å². The van der Waals surface area contributed by atoms with Crippen molar-refractivity contribution >= 4 is 23.3 Å². The van der Waals surface area contributed by atoms with E-state index >= 15 is 0 Å². The summed E-state index contributed by atoms with van der Waals surface area (Å²) in [6, 6.07) is 18.4. The number of carbonyl (C=O) groups excluding carboxylic acids is 2. The van der Waals surface area contributed by atoms with Crippen molar-refractivity contribution in [1.29, 1.82) is 0 Å². The predicted octanol–water partition coefficient (Wildman–Crippen LogP) is 5.77. The van der Waals surface area contributed by atoms with Gasteiger partial charge >= 0.3 is 11.9 Å². The second kappa shape index (κ2) is 11.6. The molecule has 1 aliphatic rings. The van der Waals surface area contributed by atoms with Crippen LogP contribution in [0.15, 0.2) is 54.6 Å². The lowest BCUT2D eigenvalue weighted by Gasteiger charge is -2.43. The van der Waals surface area contributed by atoms with E-state index in [-0.39, 0.29) is 18.6 Å². The summed E-state index contributed by atoms with van der Waals surface area (Å²) in [5, 5.41) is 9.30. The normalized spacial score (nSPS) is 23.5. The third-order valence-electron chi connectivity index (χ3n) is 7.00. The molecule has 37 heavy (non-hydrogen) atoms. The number of rotatable bonds is 7. The third-order valence-corrected chi connectivity index (χ3v) is 8.13.